The van der Waals surface area contributed by atoms with E-state index in [-0.39, 0.29) is 38.6 Å². The summed E-state index contributed by atoms with van der Waals surface area (Å²) in [6.07, 6.45) is -0.0637. The summed E-state index contributed by atoms with van der Waals surface area (Å²) in [4.78, 5) is 30.4. The molecular weight excluding hydrogens is 398 g/mol. The number of aryl methyl sites for hydroxylation is 2. The van der Waals surface area contributed by atoms with Crippen LogP contribution in [0.1, 0.15) is 18.1 Å². The van der Waals surface area contributed by atoms with Crippen molar-refractivity contribution in [3.05, 3.63) is 40.9 Å². The predicted octanol–water partition coefficient (Wildman–Crippen LogP) is 1.10. The molecule has 1 saturated heterocycles. The van der Waals surface area contributed by atoms with Crippen LogP contribution < -0.4 is 10.5 Å². The zero-order valence-electron chi connectivity index (χ0n) is 16.4. The highest BCUT2D eigenvalue weighted by Gasteiger charge is 2.41. The van der Waals surface area contributed by atoms with E-state index < -0.39 is 11.5 Å². The number of primary amides is 1. The van der Waals surface area contributed by atoms with Gasteiger partial charge in [0.1, 0.15) is 36.2 Å². The van der Waals surface area contributed by atoms with Gasteiger partial charge >= 0.3 is 0 Å². The quantitative estimate of drug-likeness (QED) is 0.716. The molecule has 29 heavy (non-hydrogen) atoms. The van der Waals surface area contributed by atoms with Gasteiger partial charge in [-0.25, -0.2) is 9.67 Å². The van der Waals surface area contributed by atoms with Crippen molar-refractivity contribution in [3.63, 3.8) is 0 Å². The second kappa shape index (κ2) is 8.79. The SMILES string of the molecule is Cc1nc(C)n(CC(=O)N2CCO[C@@](COc3ccc(Cl)cc3)(CC(N)=O)C2)n1. The minimum atomic E-state index is -1.02. The number of benzene rings is 1. The van der Waals surface area contributed by atoms with Crippen LogP contribution in [-0.4, -0.2) is 63.4 Å². The van der Waals surface area contributed by atoms with Crippen LogP contribution in [0.25, 0.3) is 0 Å². The third-order valence-electron chi connectivity index (χ3n) is 4.66. The minimum absolute atomic E-state index is 0.0637. The molecule has 2 heterocycles. The van der Waals surface area contributed by atoms with Gasteiger partial charge in [0, 0.05) is 11.6 Å². The molecule has 1 aliphatic heterocycles. The number of morpholine rings is 1. The van der Waals surface area contributed by atoms with Gasteiger partial charge < -0.3 is 20.1 Å². The van der Waals surface area contributed by atoms with Crippen molar-refractivity contribution >= 4 is 23.4 Å². The van der Waals surface area contributed by atoms with Crippen LogP contribution >= 0.6 is 11.6 Å². The molecule has 3 rings (SSSR count). The maximum absolute atomic E-state index is 12.8. The second-order valence-corrected chi connectivity index (χ2v) is 7.53. The molecule has 2 aromatic rings. The molecule has 2 N–H and O–H groups in total. The van der Waals surface area contributed by atoms with E-state index in [1.165, 1.54) is 0 Å². The van der Waals surface area contributed by atoms with E-state index >= 15 is 0 Å². The summed E-state index contributed by atoms with van der Waals surface area (Å²) in [5.74, 6) is 1.19. The third-order valence-corrected chi connectivity index (χ3v) is 4.91. The standard InChI is InChI=1S/C19H24ClN5O4/c1-13-22-14(2)25(23-13)10-18(27)24-7-8-29-19(11-24,9-17(21)26)12-28-16-5-3-15(20)4-6-16/h3-6H,7-12H2,1-2H3,(H2,21,26)/t19-/m0/s1. The number of aromatic nitrogens is 3. The number of hydrogen-bond donors (Lipinski definition) is 1. The molecule has 10 heteroatoms. The average Bonchev–Trinajstić information content (AvgIpc) is 2.98. The summed E-state index contributed by atoms with van der Waals surface area (Å²) < 4.78 is 13.3. The van der Waals surface area contributed by atoms with Crippen molar-refractivity contribution in [1.29, 1.82) is 0 Å². The number of carbonyl (C=O) groups excluding carboxylic acids is 2. The number of amides is 2. The molecule has 156 valence electrons. The van der Waals surface area contributed by atoms with Crippen LogP contribution in [0.15, 0.2) is 24.3 Å². The molecule has 0 saturated carbocycles. The van der Waals surface area contributed by atoms with E-state index in [1.807, 2.05) is 0 Å². The molecule has 0 unspecified atom stereocenters. The summed E-state index contributed by atoms with van der Waals surface area (Å²) in [5, 5.41) is 4.82. The first-order chi connectivity index (χ1) is 13.8. The van der Waals surface area contributed by atoms with Crippen LogP contribution in [0.5, 0.6) is 5.75 Å². The summed E-state index contributed by atoms with van der Waals surface area (Å²) >= 11 is 5.89. The Kier molecular flexibility index (Phi) is 6.39. The van der Waals surface area contributed by atoms with Crippen LogP contribution in [-0.2, 0) is 20.9 Å². The molecule has 0 radical (unpaired) electrons. The summed E-state index contributed by atoms with van der Waals surface area (Å²) in [6, 6.07) is 6.86. The van der Waals surface area contributed by atoms with Crippen molar-refractivity contribution in [1.82, 2.24) is 19.7 Å². The summed E-state index contributed by atoms with van der Waals surface area (Å²) in [5.41, 5.74) is 4.43. The van der Waals surface area contributed by atoms with E-state index in [1.54, 1.807) is 47.7 Å². The van der Waals surface area contributed by atoms with Gasteiger partial charge in [0.25, 0.3) is 0 Å². The van der Waals surface area contributed by atoms with Crippen LogP contribution in [0.3, 0.4) is 0 Å². The van der Waals surface area contributed by atoms with Crippen molar-refractivity contribution in [2.24, 2.45) is 5.73 Å². The van der Waals surface area contributed by atoms with E-state index in [9.17, 15) is 9.59 Å². The number of halogens is 1. The van der Waals surface area contributed by atoms with Gasteiger partial charge in [-0.05, 0) is 38.1 Å². The lowest BCUT2D eigenvalue weighted by Gasteiger charge is -2.42. The summed E-state index contributed by atoms with van der Waals surface area (Å²) in [7, 11) is 0. The Morgan fingerprint density at radius 3 is 2.66 bits per heavy atom. The minimum Gasteiger partial charge on any atom is -0.490 e. The molecule has 1 aromatic carbocycles. The highest BCUT2D eigenvalue weighted by Crippen LogP contribution is 2.25. The first-order valence-electron chi connectivity index (χ1n) is 9.23. The molecule has 1 aliphatic rings. The van der Waals surface area contributed by atoms with E-state index in [0.29, 0.717) is 29.0 Å². The highest BCUT2D eigenvalue weighted by molar-refractivity contribution is 6.30. The molecule has 1 atom stereocenters. The zero-order valence-corrected chi connectivity index (χ0v) is 17.2. The Hall–Kier alpha value is -2.65. The van der Waals surface area contributed by atoms with Crippen molar-refractivity contribution in [2.45, 2.75) is 32.4 Å². The zero-order chi connectivity index (χ0) is 21.0. The predicted molar refractivity (Wildman–Crippen MR) is 106 cm³/mol. The lowest BCUT2D eigenvalue weighted by atomic mass is 9.97. The fraction of sp³-hybridized carbons (Fsp3) is 0.474. The Balaban J connectivity index is 1.70. The van der Waals surface area contributed by atoms with Gasteiger partial charge in [-0.2, -0.15) is 5.10 Å². The Morgan fingerprint density at radius 1 is 1.31 bits per heavy atom. The fourth-order valence-corrected chi connectivity index (χ4v) is 3.43. The van der Waals surface area contributed by atoms with Gasteiger partial charge in [0.05, 0.1) is 19.6 Å². The first kappa shape index (κ1) is 21.1. The first-order valence-corrected chi connectivity index (χ1v) is 9.61. The number of nitrogens with zero attached hydrogens (tertiary/aromatic N) is 4. The summed E-state index contributed by atoms with van der Waals surface area (Å²) in [6.45, 7) is 4.58. The van der Waals surface area contributed by atoms with Crippen LogP contribution in [0.2, 0.25) is 5.02 Å². The molecule has 0 spiro atoms. The maximum Gasteiger partial charge on any atom is 0.244 e. The van der Waals surface area contributed by atoms with E-state index in [0.717, 1.165) is 0 Å². The highest BCUT2D eigenvalue weighted by atomic mass is 35.5. The van der Waals surface area contributed by atoms with E-state index in [2.05, 4.69) is 10.1 Å². The fourth-order valence-electron chi connectivity index (χ4n) is 3.31. The van der Waals surface area contributed by atoms with Gasteiger partial charge in [-0.3, -0.25) is 9.59 Å². The molecule has 1 fully saturated rings. The third kappa shape index (κ3) is 5.45. The monoisotopic (exact) mass is 421 g/mol. The number of rotatable bonds is 7. The van der Waals surface area contributed by atoms with Crippen molar-refractivity contribution in [3.8, 4) is 5.75 Å². The smallest absolute Gasteiger partial charge is 0.244 e. The molecule has 1 aromatic heterocycles. The largest absolute Gasteiger partial charge is 0.490 e. The van der Waals surface area contributed by atoms with Crippen LogP contribution in [0, 0.1) is 13.8 Å². The Bertz CT molecular complexity index is 885. The Labute approximate surface area is 173 Å². The van der Waals surface area contributed by atoms with Gasteiger partial charge in [-0.15, -0.1) is 0 Å². The number of carbonyl (C=O) groups is 2. The van der Waals surface area contributed by atoms with E-state index in [4.69, 9.17) is 26.8 Å². The number of nitrogens with two attached hydrogens (primary N) is 1. The second-order valence-electron chi connectivity index (χ2n) is 7.10. The van der Waals surface area contributed by atoms with Gasteiger partial charge in [0.2, 0.25) is 11.8 Å². The molecule has 0 aliphatic carbocycles. The van der Waals surface area contributed by atoms with Crippen molar-refractivity contribution < 1.29 is 19.1 Å². The number of hydrogen-bond acceptors (Lipinski definition) is 6. The van der Waals surface area contributed by atoms with Gasteiger partial charge in [-0.1, -0.05) is 11.6 Å². The lowest BCUT2D eigenvalue weighted by Crippen LogP contribution is -2.58. The van der Waals surface area contributed by atoms with Crippen molar-refractivity contribution in [2.75, 3.05) is 26.3 Å². The molecular formula is C19H24ClN5O4. The van der Waals surface area contributed by atoms with Crippen LogP contribution in [0.4, 0.5) is 0 Å². The topological polar surface area (TPSA) is 113 Å². The lowest BCUT2D eigenvalue weighted by molar-refractivity contribution is -0.162. The molecule has 9 nitrogen and oxygen atoms in total. The molecule has 2 amide bonds. The molecule has 0 bridgehead atoms. The average molecular weight is 422 g/mol. The van der Waals surface area contributed by atoms with Gasteiger partial charge in [0.15, 0.2) is 0 Å². The maximum atomic E-state index is 12.8. The number of ether oxygens (including phenoxy) is 2. The normalized spacial score (nSPS) is 19.2. The Morgan fingerprint density at radius 2 is 2.03 bits per heavy atom.